The van der Waals surface area contributed by atoms with E-state index < -0.39 is 11.0 Å². The molecule has 2 rings (SSSR count). The van der Waals surface area contributed by atoms with Crippen LogP contribution in [0.3, 0.4) is 0 Å². The molecule has 0 aromatic carbocycles. The summed E-state index contributed by atoms with van der Waals surface area (Å²) in [5.41, 5.74) is -1.33. The molecule has 0 saturated heterocycles. The SMILES string of the molecule is COC(=O)C1(C2(O)CCCC(C)(C)C2)CCC1. The van der Waals surface area contributed by atoms with Crippen LogP contribution in [-0.4, -0.2) is 23.8 Å². The molecular weight excluding hydrogens is 216 g/mol. The van der Waals surface area contributed by atoms with Crippen LogP contribution in [-0.2, 0) is 9.53 Å². The van der Waals surface area contributed by atoms with Gasteiger partial charge < -0.3 is 9.84 Å². The summed E-state index contributed by atoms with van der Waals surface area (Å²) >= 11 is 0. The van der Waals surface area contributed by atoms with Crippen molar-refractivity contribution in [2.75, 3.05) is 7.11 Å². The third-order valence-corrected chi connectivity index (χ3v) is 4.89. The van der Waals surface area contributed by atoms with Crippen molar-refractivity contribution in [2.24, 2.45) is 10.8 Å². The first-order chi connectivity index (χ1) is 7.85. The lowest BCUT2D eigenvalue weighted by molar-refractivity contribution is -0.201. The molecule has 0 radical (unpaired) electrons. The monoisotopic (exact) mass is 240 g/mol. The van der Waals surface area contributed by atoms with E-state index in [9.17, 15) is 9.90 Å². The van der Waals surface area contributed by atoms with Crippen LogP contribution in [0.5, 0.6) is 0 Å². The molecule has 3 nitrogen and oxygen atoms in total. The minimum atomic E-state index is -0.847. The fourth-order valence-electron chi connectivity index (χ4n) is 3.82. The number of ether oxygens (including phenoxy) is 1. The Morgan fingerprint density at radius 2 is 1.71 bits per heavy atom. The van der Waals surface area contributed by atoms with Gasteiger partial charge >= 0.3 is 5.97 Å². The van der Waals surface area contributed by atoms with Gasteiger partial charge in [0.25, 0.3) is 0 Å². The average molecular weight is 240 g/mol. The fourth-order valence-corrected chi connectivity index (χ4v) is 3.82. The van der Waals surface area contributed by atoms with Gasteiger partial charge in [-0.1, -0.05) is 26.7 Å². The lowest BCUT2D eigenvalue weighted by Crippen LogP contribution is -2.60. The van der Waals surface area contributed by atoms with E-state index in [0.29, 0.717) is 0 Å². The zero-order valence-electron chi connectivity index (χ0n) is 11.2. The smallest absolute Gasteiger partial charge is 0.314 e. The van der Waals surface area contributed by atoms with Gasteiger partial charge in [-0.15, -0.1) is 0 Å². The normalized spacial score (nSPS) is 34.8. The molecule has 0 aliphatic heterocycles. The molecule has 0 bridgehead atoms. The molecule has 2 aliphatic rings. The molecule has 1 unspecified atom stereocenters. The van der Waals surface area contributed by atoms with Crippen LogP contribution in [0.15, 0.2) is 0 Å². The summed E-state index contributed by atoms with van der Waals surface area (Å²) < 4.78 is 4.95. The van der Waals surface area contributed by atoms with Gasteiger partial charge in [0.05, 0.1) is 18.1 Å². The number of rotatable bonds is 2. The fraction of sp³-hybridized carbons (Fsp3) is 0.929. The van der Waals surface area contributed by atoms with Crippen molar-refractivity contribution >= 4 is 5.97 Å². The highest BCUT2D eigenvalue weighted by molar-refractivity contribution is 5.79. The maximum absolute atomic E-state index is 12.0. The van der Waals surface area contributed by atoms with Crippen LogP contribution >= 0.6 is 0 Å². The Bertz CT molecular complexity index is 317. The second-order valence-electron chi connectivity index (χ2n) is 6.65. The molecule has 0 aromatic rings. The molecule has 1 atom stereocenters. The lowest BCUT2D eigenvalue weighted by atomic mass is 9.52. The van der Waals surface area contributed by atoms with E-state index in [1.165, 1.54) is 7.11 Å². The van der Waals surface area contributed by atoms with E-state index in [1.54, 1.807) is 0 Å². The van der Waals surface area contributed by atoms with Crippen LogP contribution in [0.2, 0.25) is 0 Å². The van der Waals surface area contributed by atoms with Crippen molar-refractivity contribution in [3.63, 3.8) is 0 Å². The van der Waals surface area contributed by atoms with E-state index in [4.69, 9.17) is 4.74 Å². The van der Waals surface area contributed by atoms with Crippen molar-refractivity contribution in [3.05, 3.63) is 0 Å². The zero-order valence-corrected chi connectivity index (χ0v) is 11.2. The van der Waals surface area contributed by atoms with E-state index in [0.717, 1.165) is 44.9 Å². The quantitative estimate of drug-likeness (QED) is 0.755. The maximum Gasteiger partial charge on any atom is 0.314 e. The highest BCUT2D eigenvalue weighted by Crippen LogP contribution is 2.58. The van der Waals surface area contributed by atoms with Gasteiger partial charge in [-0.3, -0.25) is 4.79 Å². The molecule has 2 saturated carbocycles. The number of esters is 1. The number of carbonyl (C=O) groups is 1. The first-order valence-corrected chi connectivity index (χ1v) is 6.66. The number of carbonyl (C=O) groups excluding carboxylic acids is 1. The number of aliphatic hydroxyl groups is 1. The summed E-state index contributed by atoms with van der Waals surface area (Å²) in [6.07, 6.45) is 6.19. The number of methoxy groups -OCH3 is 1. The number of hydrogen-bond acceptors (Lipinski definition) is 3. The number of hydrogen-bond donors (Lipinski definition) is 1. The van der Waals surface area contributed by atoms with Gasteiger partial charge in [-0.25, -0.2) is 0 Å². The maximum atomic E-state index is 12.0. The summed E-state index contributed by atoms with van der Waals surface area (Å²) in [6.45, 7) is 4.36. The average Bonchev–Trinajstić information content (AvgIpc) is 2.12. The topological polar surface area (TPSA) is 46.5 Å². The van der Waals surface area contributed by atoms with Gasteiger partial charge in [-0.2, -0.15) is 0 Å². The molecule has 0 amide bonds. The second kappa shape index (κ2) is 3.98. The van der Waals surface area contributed by atoms with Gasteiger partial charge in [-0.05, 0) is 37.5 Å². The van der Waals surface area contributed by atoms with Crippen molar-refractivity contribution < 1.29 is 14.6 Å². The highest BCUT2D eigenvalue weighted by Gasteiger charge is 2.61. The Hall–Kier alpha value is -0.570. The van der Waals surface area contributed by atoms with Gasteiger partial charge in [0.15, 0.2) is 0 Å². The van der Waals surface area contributed by atoms with Crippen molar-refractivity contribution in [1.29, 1.82) is 0 Å². The Morgan fingerprint density at radius 1 is 1.12 bits per heavy atom. The standard InChI is InChI=1S/C14H24O3/c1-12(2)6-4-9-14(16,10-12)13(7-5-8-13)11(15)17-3/h16H,4-10H2,1-3H3. The first kappa shape index (κ1) is 12.9. The largest absolute Gasteiger partial charge is 0.469 e. The minimum absolute atomic E-state index is 0.129. The molecule has 0 spiro atoms. The molecule has 17 heavy (non-hydrogen) atoms. The van der Waals surface area contributed by atoms with Crippen LogP contribution in [0.25, 0.3) is 0 Å². The zero-order chi connectivity index (χ0) is 12.7. The molecule has 2 fully saturated rings. The second-order valence-corrected chi connectivity index (χ2v) is 6.65. The molecular formula is C14H24O3. The Kier molecular flexibility index (Phi) is 3.01. The summed E-state index contributed by atoms with van der Waals surface area (Å²) in [4.78, 5) is 12.0. The van der Waals surface area contributed by atoms with E-state index in [-0.39, 0.29) is 11.4 Å². The molecule has 98 valence electrons. The minimum Gasteiger partial charge on any atom is -0.469 e. The van der Waals surface area contributed by atoms with Crippen molar-refractivity contribution in [1.82, 2.24) is 0 Å². The highest BCUT2D eigenvalue weighted by atomic mass is 16.5. The summed E-state index contributed by atoms with van der Waals surface area (Å²) in [7, 11) is 1.43. The summed E-state index contributed by atoms with van der Waals surface area (Å²) in [6, 6.07) is 0. The van der Waals surface area contributed by atoms with Crippen molar-refractivity contribution in [2.45, 2.75) is 64.4 Å². The Morgan fingerprint density at radius 3 is 2.12 bits per heavy atom. The lowest BCUT2D eigenvalue weighted by Gasteiger charge is -2.55. The Balaban J connectivity index is 2.26. The third-order valence-electron chi connectivity index (χ3n) is 4.89. The first-order valence-electron chi connectivity index (χ1n) is 6.66. The van der Waals surface area contributed by atoms with Crippen molar-refractivity contribution in [3.8, 4) is 0 Å². The molecule has 1 N–H and O–H groups in total. The predicted octanol–water partition coefficient (Wildman–Crippen LogP) is 2.66. The molecule has 2 aliphatic carbocycles. The van der Waals surface area contributed by atoms with E-state index in [1.807, 2.05) is 0 Å². The molecule has 3 heteroatoms. The van der Waals surface area contributed by atoms with Crippen LogP contribution in [0.1, 0.15) is 58.8 Å². The Labute approximate surface area is 104 Å². The molecule has 0 heterocycles. The van der Waals surface area contributed by atoms with Crippen LogP contribution in [0.4, 0.5) is 0 Å². The van der Waals surface area contributed by atoms with Gasteiger partial charge in [0.1, 0.15) is 0 Å². The molecule has 0 aromatic heterocycles. The van der Waals surface area contributed by atoms with Crippen LogP contribution < -0.4 is 0 Å². The van der Waals surface area contributed by atoms with E-state index >= 15 is 0 Å². The summed E-state index contributed by atoms with van der Waals surface area (Å²) in [5, 5.41) is 11.0. The summed E-state index contributed by atoms with van der Waals surface area (Å²) in [5.74, 6) is -0.205. The van der Waals surface area contributed by atoms with Gasteiger partial charge in [0, 0.05) is 0 Å². The van der Waals surface area contributed by atoms with Gasteiger partial charge in [0.2, 0.25) is 0 Å². The third kappa shape index (κ3) is 1.88. The van der Waals surface area contributed by atoms with Crippen LogP contribution in [0, 0.1) is 10.8 Å². The van der Waals surface area contributed by atoms with E-state index in [2.05, 4.69) is 13.8 Å². The predicted molar refractivity (Wildman–Crippen MR) is 65.5 cm³/mol.